The summed E-state index contributed by atoms with van der Waals surface area (Å²) in [7, 11) is 0. The lowest BCUT2D eigenvalue weighted by atomic mass is 10.00. The number of hydrogen-bond acceptors (Lipinski definition) is 6. The van der Waals surface area contributed by atoms with E-state index in [4.69, 9.17) is 4.74 Å². The Morgan fingerprint density at radius 3 is 2.83 bits per heavy atom. The molecule has 3 unspecified atom stereocenters. The molecule has 0 spiro atoms. The molecule has 8 heteroatoms. The number of pyridine rings is 1. The lowest BCUT2D eigenvalue weighted by molar-refractivity contribution is 0.0924. The van der Waals surface area contributed by atoms with E-state index in [2.05, 4.69) is 70.4 Å². The first-order valence-corrected chi connectivity index (χ1v) is 12.4. The van der Waals surface area contributed by atoms with Crippen LogP contribution in [0.15, 0.2) is 47.3 Å². The van der Waals surface area contributed by atoms with E-state index in [1.54, 1.807) is 0 Å². The van der Waals surface area contributed by atoms with E-state index in [9.17, 15) is 4.79 Å². The number of benzene rings is 2. The zero-order chi connectivity index (χ0) is 24.1. The van der Waals surface area contributed by atoms with Gasteiger partial charge in [-0.1, -0.05) is 18.2 Å². The third kappa shape index (κ3) is 3.82. The van der Waals surface area contributed by atoms with Crippen molar-refractivity contribution in [2.75, 3.05) is 11.5 Å². The van der Waals surface area contributed by atoms with E-state index in [0.29, 0.717) is 17.9 Å². The van der Waals surface area contributed by atoms with Gasteiger partial charge in [0.1, 0.15) is 6.04 Å². The number of H-pyrrole nitrogens is 1. The third-order valence-electron chi connectivity index (χ3n) is 7.52. The van der Waals surface area contributed by atoms with Gasteiger partial charge in [-0.05, 0) is 96.8 Å². The van der Waals surface area contributed by atoms with Crippen LogP contribution in [0.2, 0.25) is 0 Å². The van der Waals surface area contributed by atoms with Crippen LogP contribution in [0.25, 0.3) is 10.9 Å². The van der Waals surface area contributed by atoms with Gasteiger partial charge in [0.25, 0.3) is 5.56 Å². The number of ether oxygens (including phenoxy) is 1. The van der Waals surface area contributed by atoms with Gasteiger partial charge in [-0.3, -0.25) is 4.79 Å². The number of rotatable bonds is 5. The van der Waals surface area contributed by atoms with Crippen molar-refractivity contribution in [3.8, 4) is 0 Å². The lowest BCUT2D eigenvalue weighted by Gasteiger charge is -2.33. The van der Waals surface area contributed by atoms with Crippen LogP contribution < -0.4 is 10.5 Å². The molecule has 2 aromatic carbocycles. The Balaban J connectivity index is 1.54. The number of fused-ring (bicyclic) bond motifs is 2. The zero-order valence-electron chi connectivity index (χ0n) is 20.4. The summed E-state index contributed by atoms with van der Waals surface area (Å²) in [6, 6.07) is 14.4. The average Bonchev–Trinajstić information content (AvgIpc) is 3.58. The Kier molecular flexibility index (Phi) is 5.40. The molecule has 4 aromatic rings. The van der Waals surface area contributed by atoms with Crippen LogP contribution in [-0.2, 0) is 17.7 Å². The first-order valence-electron chi connectivity index (χ1n) is 12.4. The number of aromatic nitrogens is 5. The topological polar surface area (TPSA) is 88.9 Å². The van der Waals surface area contributed by atoms with Crippen molar-refractivity contribution < 1.29 is 4.74 Å². The van der Waals surface area contributed by atoms with E-state index < -0.39 is 6.04 Å². The molecule has 4 heterocycles. The Bertz CT molecular complexity index is 1450. The molecule has 2 aliphatic rings. The highest BCUT2D eigenvalue weighted by molar-refractivity contribution is 5.81. The van der Waals surface area contributed by atoms with Crippen molar-refractivity contribution >= 4 is 16.6 Å². The molecule has 2 aromatic heterocycles. The summed E-state index contributed by atoms with van der Waals surface area (Å²) in [6.07, 6.45) is 3.03. The molecule has 0 amide bonds. The monoisotopic (exact) mass is 470 g/mol. The largest absolute Gasteiger partial charge is 0.376 e. The van der Waals surface area contributed by atoms with Crippen molar-refractivity contribution in [1.82, 2.24) is 25.2 Å². The number of aryl methyl sites for hydroxylation is 2. The fraction of sp³-hybridized carbons (Fsp3) is 0.407. The molecular formula is C27H30N6O2. The minimum Gasteiger partial charge on any atom is -0.376 e. The van der Waals surface area contributed by atoms with Gasteiger partial charge < -0.3 is 14.6 Å². The Morgan fingerprint density at radius 1 is 1.17 bits per heavy atom. The van der Waals surface area contributed by atoms with Gasteiger partial charge in [0.15, 0.2) is 5.82 Å². The van der Waals surface area contributed by atoms with E-state index in [0.717, 1.165) is 48.0 Å². The second-order valence-corrected chi connectivity index (χ2v) is 9.92. The fourth-order valence-corrected chi connectivity index (χ4v) is 5.61. The van der Waals surface area contributed by atoms with Crippen LogP contribution in [0.5, 0.6) is 0 Å². The van der Waals surface area contributed by atoms with Crippen molar-refractivity contribution in [3.05, 3.63) is 80.9 Å². The summed E-state index contributed by atoms with van der Waals surface area (Å²) in [5, 5.41) is 13.9. The molecule has 8 nitrogen and oxygen atoms in total. The molecule has 35 heavy (non-hydrogen) atoms. The maximum absolute atomic E-state index is 13.6. The molecule has 1 saturated heterocycles. The molecule has 3 atom stereocenters. The second kappa shape index (κ2) is 8.61. The maximum atomic E-state index is 13.6. The summed E-state index contributed by atoms with van der Waals surface area (Å²) >= 11 is 0. The average molecular weight is 471 g/mol. The van der Waals surface area contributed by atoms with Crippen LogP contribution in [0, 0.1) is 13.8 Å². The van der Waals surface area contributed by atoms with Gasteiger partial charge in [-0.2, -0.15) is 0 Å². The number of hydrogen-bond donors (Lipinski definition) is 1. The predicted molar refractivity (Wildman–Crippen MR) is 135 cm³/mol. The summed E-state index contributed by atoms with van der Waals surface area (Å²) in [5.41, 5.74) is 6.11. The third-order valence-corrected chi connectivity index (χ3v) is 7.52. The predicted octanol–water partition coefficient (Wildman–Crippen LogP) is 3.85. The molecule has 0 aliphatic carbocycles. The minimum absolute atomic E-state index is 0.0849. The van der Waals surface area contributed by atoms with Gasteiger partial charge in [0, 0.05) is 29.4 Å². The zero-order valence-corrected chi connectivity index (χ0v) is 20.4. The molecule has 1 fully saturated rings. The van der Waals surface area contributed by atoms with Gasteiger partial charge in [-0.25, -0.2) is 4.68 Å². The Labute approximate surface area is 203 Å². The highest BCUT2D eigenvalue weighted by Crippen LogP contribution is 2.40. The molecule has 0 bridgehead atoms. The first kappa shape index (κ1) is 22.0. The van der Waals surface area contributed by atoms with E-state index in [-0.39, 0.29) is 17.7 Å². The highest BCUT2D eigenvalue weighted by atomic mass is 16.5. The normalized spacial score (nSPS) is 20.5. The van der Waals surface area contributed by atoms with Crippen LogP contribution in [-0.4, -0.2) is 43.9 Å². The van der Waals surface area contributed by atoms with E-state index in [1.807, 2.05) is 22.9 Å². The fourth-order valence-electron chi connectivity index (χ4n) is 5.61. The van der Waals surface area contributed by atoms with Crippen LogP contribution >= 0.6 is 0 Å². The number of para-hydroxylation sites is 1. The van der Waals surface area contributed by atoms with Gasteiger partial charge >= 0.3 is 0 Å². The van der Waals surface area contributed by atoms with Gasteiger partial charge in [-0.15, -0.1) is 5.10 Å². The lowest BCUT2D eigenvalue weighted by Crippen LogP contribution is -2.39. The van der Waals surface area contributed by atoms with Crippen molar-refractivity contribution in [2.24, 2.45) is 0 Å². The number of tetrazole rings is 1. The van der Waals surface area contributed by atoms with Crippen molar-refractivity contribution in [1.29, 1.82) is 0 Å². The molecule has 0 saturated carbocycles. The standard InChI is InChI=1S/C27H30N6O2/c1-16-11-20-14-22(27(34)28-23(20)12-17(16)2)25(33-18(3)13-19-7-4-5-9-24(19)33)26-29-30-31-32(26)15-21-8-6-10-35-21/h4-5,7,9,11-12,14,18,21,25H,6,8,10,13,15H2,1-3H3,(H,28,34). The van der Waals surface area contributed by atoms with Crippen molar-refractivity contribution in [2.45, 2.75) is 64.8 Å². The van der Waals surface area contributed by atoms with Crippen molar-refractivity contribution in [3.63, 3.8) is 0 Å². The first-order chi connectivity index (χ1) is 17.0. The van der Waals surface area contributed by atoms with E-state index in [1.165, 1.54) is 11.1 Å². The molecule has 1 N–H and O–H groups in total. The maximum Gasteiger partial charge on any atom is 0.254 e. The van der Waals surface area contributed by atoms with Crippen LogP contribution in [0.3, 0.4) is 0 Å². The quantitative estimate of drug-likeness (QED) is 0.477. The summed E-state index contributed by atoms with van der Waals surface area (Å²) in [5.74, 6) is 0.665. The number of aromatic amines is 1. The summed E-state index contributed by atoms with van der Waals surface area (Å²) in [4.78, 5) is 19.1. The van der Waals surface area contributed by atoms with Gasteiger partial charge in [0.2, 0.25) is 0 Å². The molecule has 2 aliphatic heterocycles. The molecule has 0 radical (unpaired) electrons. The number of nitrogens with zero attached hydrogens (tertiary/aromatic N) is 5. The van der Waals surface area contributed by atoms with E-state index >= 15 is 0 Å². The van der Waals surface area contributed by atoms with Crippen LogP contribution in [0.4, 0.5) is 5.69 Å². The SMILES string of the molecule is Cc1cc2cc(C(c3nnnn3CC3CCCO3)N3c4ccccc4CC3C)c(=O)[nH]c2cc1C. The highest BCUT2D eigenvalue weighted by Gasteiger charge is 2.38. The minimum atomic E-state index is -0.431. The summed E-state index contributed by atoms with van der Waals surface area (Å²) in [6.45, 7) is 7.70. The van der Waals surface area contributed by atoms with Gasteiger partial charge in [0.05, 0.1) is 12.6 Å². The Hall–Kier alpha value is -3.52. The smallest absolute Gasteiger partial charge is 0.254 e. The summed E-state index contributed by atoms with van der Waals surface area (Å²) < 4.78 is 7.71. The van der Waals surface area contributed by atoms with Crippen LogP contribution in [0.1, 0.15) is 53.9 Å². The number of nitrogens with one attached hydrogen (secondary N) is 1. The molecule has 180 valence electrons. The second-order valence-electron chi connectivity index (χ2n) is 9.92. The number of anilines is 1. The Morgan fingerprint density at radius 2 is 2.00 bits per heavy atom. The molecular weight excluding hydrogens is 440 g/mol. The molecule has 6 rings (SSSR count).